The molecule has 0 bridgehead atoms. The van der Waals surface area contributed by atoms with Gasteiger partial charge in [0.25, 0.3) is 0 Å². The highest BCUT2D eigenvalue weighted by Crippen LogP contribution is 2.03. The van der Waals surface area contributed by atoms with E-state index >= 15 is 0 Å². The van der Waals surface area contributed by atoms with Crippen molar-refractivity contribution in [2.45, 2.75) is 6.42 Å². The molecule has 1 aromatic carbocycles. The number of benzene rings is 1. The van der Waals surface area contributed by atoms with Crippen molar-refractivity contribution in [1.29, 1.82) is 0 Å². The lowest BCUT2D eigenvalue weighted by atomic mass is 10.3. The summed E-state index contributed by atoms with van der Waals surface area (Å²) in [5, 5.41) is 8.54. The Bertz CT molecular complexity index is 287. The molecule has 4 nitrogen and oxygen atoms in total. The summed E-state index contributed by atoms with van der Waals surface area (Å²) in [6.45, 7) is 1.59. The van der Waals surface area contributed by atoms with Gasteiger partial charge in [-0.15, -0.1) is 0 Å². The van der Waals surface area contributed by atoms with Crippen LogP contribution in [-0.2, 0) is 0 Å². The summed E-state index contributed by atoms with van der Waals surface area (Å²) in [6, 6.07) is 9.24. The van der Waals surface area contributed by atoms with E-state index in [0.717, 1.165) is 18.7 Å². The molecule has 2 amide bonds. The first-order valence-electron chi connectivity index (χ1n) is 5.07. The van der Waals surface area contributed by atoms with Gasteiger partial charge in [-0.25, -0.2) is 4.79 Å². The summed E-state index contributed by atoms with van der Waals surface area (Å²) in [5.41, 5.74) is 0.809. The molecule has 15 heavy (non-hydrogen) atoms. The molecule has 0 heterocycles. The van der Waals surface area contributed by atoms with Gasteiger partial charge in [0.15, 0.2) is 0 Å². The van der Waals surface area contributed by atoms with Crippen LogP contribution >= 0.6 is 0 Å². The van der Waals surface area contributed by atoms with E-state index < -0.39 is 0 Å². The van der Waals surface area contributed by atoms with Crippen LogP contribution in [0.4, 0.5) is 10.5 Å². The minimum Gasteiger partial charge on any atom is -0.338 e. The van der Waals surface area contributed by atoms with Gasteiger partial charge >= 0.3 is 6.03 Å². The lowest BCUT2D eigenvalue weighted by Crippen LogP contribution is -2.30. The molecule has 0 saturated heterocycles. The fourth-order valence-corrected chi connectivity index (χ4v) is 1.16. The topological polar surface area (TPSA) is 53.2 Å². The predicted octanol–water partition coefficient (Wildman–Crippen LogP) is 1.42. The number of carbonyl (C=O) groups is 1. The second kappa shape index (κ2) is 6.84. The molecule has 0 aliphatic carbocycles. The van der Waals surface area contributed by atoms with E-state index in [2.05, 4.69) is 16.0 Å². The van der Waals surface area contributed by atoms with Gasteiger partial charge in [0.05, 0.1) is 0 Å². The molecule has 4 heteroatoms. The normalized spacial score (nSPS) is 9.67. The van der Waals surface area contributed by atoms with E-state index in [1.807, 2.05) is 37.4 Å². The molecule has 0 unspecified atom stereocenters. The van der Waals surface area contributed by atoms with Crippen molar-refractivity contribution < 1.29 is 4.79 Å². The third-order valence-electron chi connectivity index (χ3n) is 1.92. The number of para-hydroxylation sites is 1. The van der Waals surface area contributed by atoms with E-state index in [0.29, 0.717) is 6.54 Å². The van der Waals surface area contributed by atoms with Crippen LogP contribution in [0.15, 0.2) is 30.3 Å². The molecule has 0 atom stereocenters. The Kier molecular flexibility index (Phi) is 5.25. The number of anilines is 1. The van der Waals surface area contributed by atoms with E-state index in [-0.39, 0.29) is 6.03 Å². The Morgan fingerprint density at radius 1 is 1.20 bits per heavy atom. The molecule has 82 valence electrons. The van der Waals surface area contributed by atoms with Gasteiger partial charge in [-0.2, -0.15) is 0 Å². The summed E-state index contributed by atoms with van der Waals surface area (Å²) in [4.78, 5) is 11.3. The van der Waals surface area contributed by atoms with Crippen LogP contribution < -0.4 is 16.0 Å². The number of hydrogen-bond donors (Lipinski definition) is 3. The second-order valence-electron chi connectivity index (χ2n) is 3.20. The van der Waals surface area contributed by atoms with Gasteiger partial charge in [0, 0.05) is 12.2 Å². The van der Waals surface area contributed by atoms with Crippen LogP contribution in [0, 0.1) is 0 Å². The highest BCUT2D eigenvalue weighted by molar-refractivity contribution is 5.89. The van der Waals surface area contributed by atoms with Crippen LogP contribution in [0.25, 0.3) is 0 Å². The summed E-state index contributed by atoms with van der Waals surface area (Å²) in [5.74, 6) is 0. The molecular formula is C11H17N3O. The maximum atomic E-state index is 11.3. The first-order valence-corrected chi connectivity index (χ1v) is 5.07. The molecule has 0 saturated carbocycles. The van der Waals surface area contributed by atoms with Crippen LogP contribution in [0.5, 0.6) is 0 Å². The van der Waals surface area contributed by atoms with Crippen molar-refractivity contribution in [2.75, 3.05) is 25.5 Å². The van der Waals surface area contributed by atoms with E-state index in [1.54, 1.807) is 0 Å². The number of carbonyl (C=O) groups excluding carboxylic acids is 1. The van der Waals surface area contributed by atoms with Gasteiger partial charge in [0.2, 0.25) is 0 Å². The number of hydrogen-bond acceptors (Lipinski definition) is 2. The first-order chi connectivity index (χ1) is 7.33. The molecule has 0 aliphatic rings. The Hall–Kier alpha value is -1.55. The zero-order valence-electron chi connectivity index (χ0n) is 8.92. The monoisotopic (exact) mass is 207 g/mol. The number of urea groups is 1. The molecule has 1 rings (SSSR count). The molecule has 0 spiro atoms. The van der Waals surface area contributed by atoms with Crippen molar-refractivity contribution in [2.24, 2.45) is 0 Å². The average Bonchev–Trinajstić information content (AvgIpc) is 2.26. The Labute approximate surface area is 90.1 Å². The van der Waals surface area contributed by atoms with Crippen LogP contribution in [0.1, 0.15) is 6.42 Å². The smallest absolute Gasteiger partial charge is 0.319 e. The largest absolute Gasteiger partial charge is 0.338 e. The lowest BCUT2D eigenvalue weighted by Gasteiger charge is -2.06. The third kappa shape index (κ3) is 5.02. The summed E-state index contributed by atoms with van der Waals surface area (Å²) in [7, 11) is 1.89. The Morgan fingerprint density at radius 3 is 2.60 bits per heavy atom. The SMILES string of the molecule is CNCCCNC(=O)Nc1ccccc1. The molecule has 0 radical (unpaired) electrons. The fraction of sp³-hybridized carbons (Fsp3) is 0.364. The van der Waals surface area contributed by atoms with E-state index in [4.69, 9.17) is 0 Å². The maximum absolute atomic E-state index is 11.3. The maximum Gasteiger partial charge on any atom is 0.319 e. The Morgan fingerprint density at radius 2 is 1.93 bits per heavy atom. The van der Waals surface area contributed by atoms with Gasteiger partial charge in [0.1, 0.15) is 0 Å². The van der Waals surface area contributed by atoms with Crippen LogP contribution in [-0.4, -0.2) is 26.2 Å². The second-order valence-corrected chi connectivity index (χ2v) is 3.20. The number of nitrogens with one attached hydrogen (secondary N) is 3. The van der Waals surface area contributed by atoms with Crippen LogP contribution in [0.3, 0.4) is 0 Å². The van der Waals surface area contributed by atoms with Gasteiger partial charge in [-0.3, -0.25) is 0 Å². The Balaban J connectivity index is 2.19. The minimum absolute atomic E-state index is 0.155. The highest BCUT2D eigenvalue weighted by Gasteiger charge is 1.98. The first kappa shape index (κ1) is 11.5. The molecule has 0 fully saturated rings. The van der Waals surface area contributed by atoms with Crippen LogP contribution in [0.2, 0.25) is 0 Å². The number of amides is 2. The standard InChI is InChI=1S/C11H17N3O/c1-12-8-5-9-13-11(15)14-10-6-3-2-4-7-10/h2-4,6-7,12H,5,8-9H2,1H3,(H2,13,14,15). The van der Waals surface area contributed by atoms with Crippen molar-refractivity contribution in [3.63, 3.8) is 0 Å². The molecular weight excluding hydrogens is 190 g/mol. The highest BCUT2D eigenvalue weighted by atomic mass is 16.2. The van der Waals surface area contributed by atoms with E-state index in [9.17, 15) is 4.79 Å². The lowest BCUT2D eigenvalue weighted by molar-refractivity contribution is 0.252. The number of rotatable bonds is 5. The summed E-state index contributed by atoms with van der Waals surface area (Å²) in [6.07, 6.45) is 0.929. The predicted molar refractivity (Wildman–Crippen MR) is 62.0 cm³/mol. The minimum atomic E-state index is -0.155. The van der Waals surface area contributed by atoms with Crippen molar-refractivity contribution >= 4 is 11.7 Å². The average molecular weight is 207 g/mol. The fourth-order valence-electron chi connectivity index (χ4n) is 1.16. The van der Waals surface area contributed by atoms with Crippen molar-refractivity contribution in [3.05, 3.63) is 30.3 Å². The zero-order chi connectivity index (χ0) is 10.9. The molecule has 3 N–H and O–H groups in total. The summed E-state index contributed by atoms with van der Waals surface area (Å²) < 4.78 is 0. The van der Waals surface area contributed by atoms with Crippen molar-refractivity contribution in [3.8, 4) is 0 Å². The summed E-state index contributed by atoms with van der Waals surface area (Å²) >= 11 is 0. The van der Waals surface area contributed by atoms with Gasteiger partial charge < -0.3 is 16.0 Å². The van der Waals surface area contributed by atoms with Gasteiger partial charge in [-0.05, 0) is 32.1 Å². The molecule has 0 aliphatic heterocycles. The molecule has 1 aromatic rings. The quantitative estimate of drug-likeness (QED) is 0.639. The van der Waals surface area contributed by atoms with Crippen molar-refractivity contribution in [1.82, 2.24) is 10.6 Å². The molecule has 0 aromatic heterocycles. The third-order valence-corrected chi connectivity index (χ3v) is 1.92. The zero-order valence-corrected chi connectivity index (χ0v) is 8.92. The van der Waals surface area contributed by atoms with E-state index in [1.165, 1.54) is 0 Å². The van der Waals surface area contributed by atoms with Gasteiger partial charge in [-0.1, -0.05) is 18.2 Å².